The van der Waals surface area contributed by atoms with Gasteiger partial charge in [0, 0.05) is 65.3 Å². The molecule has 5 heterocycles. The second-order valence-corrected chi connectivity index (χ2v) is 21.4. The average molecular weight is 1070 g/mol. The van der Waals surface area contributed by atoms with E-state index in [1.54, 1.807) is 0 Å². The summed E-state index contributed by atoms with van der Waals surface area (Å²) >= 11 is 0. The highest BCUT2D eigenvalue weighted by atomic mass is 15.1. The van der Waals surface area contributed by atoms with Gasteiger partial charge in [-0.25, -0.2) is 15.0 Å². The molecule has 0 saturated heterocycles. The molecule has 0 saturated carbocycles. The number of para-hydroxylation sites is 8. The molecule has 0 atom stereocenters. The standard InChI is InChI=1S/C76H46N8/c77-47-60-70(81-61-38-15-7-30-52(61)53-31-8-16-39-62(53)81)72(83-65-42-19-11-34-56(65)57-35-12-20-43-66(57)83)69(50-28-23-29-51(46-50)76-79-74(48-24-3-1-4-25-48)78-75(80-76)49-26-5-2-6-27-49)73(84-67-44-21-13-36-58(67)59-37-14-22-45-68(59)84)71(60)82-63-40-17-9-32-54(63)55-33-10-18-41-64(55)82/h1-46H. The van der Waals surface area contributed by atoms with E-state index in [1.165, 1.54) is 0 Å². The summed E-state index contributed by atoms with van der Waals surface area (Å²) in [5.74, 6) is 1.67. The van der Waals surface area contributed by atoms with E-state index in [4.69, 9.17) is 15.0 Å². The van der Waals surface area contributed by atoms with Crippen LogP contribution in [-0.2, 0) is 0 Å². The SMILES string of the molecule is N#Cc1c(-n2c3ccccc3c3ccccc32)c(-n2c3ccccc3c3ccccc32)c(-c2cccc(-c3nc(-c4ccccc4)nc(-c4ccccc4)n3)c2)c(-n2c3ccccc3c3ccccc32)c1-n1c2ccccc2c2ccccc21. The van der Waals surface area contributed by atoms with E-state index in [2.05, 4.69) is 243 Å². The van der Waals surface area contributed by atoms with E-state index in [1.807, 2.05) is 60.7 Å². The van der Waals surface area contributed by atoms with Crippen LogP contribution in [-0.4, -0.2) is 33.2 Å². The van der Waals surface area contributed by atoms with Crippen molar-refractivity contribution in [2.45, 2.75) is 0 Å². The second-order valence-electron chi connectivity index (χ2n) is 21.4. The summed E-state index contributed by atoms with van der Waals surface area (Å²) in [4.78, 5) is 15.8. The first-order chi connectivity index (χ1) is 41.7. The lowest BCUT2D eigenvalue weighted by Crippen LogP contribution is -2.16. The highest BCUT2D eigenvalue weighted by Gasteiger charge is 2.35. The minimum atomic E-state index is 0.499. The Morgan fingerprint density at radius 1 is 0.238 bits per heavy atom. The molecule has 12 aromatic carbocycles. The van der Waals surface area contributed by atoms with Crippen molar-refractivity contribution in [2.75, 3.05) is 0 Å². The van der Waals surface area contributed by atoms with Crippen LogP contribution in [0.1, 0.15) is 5.56 Å². The molecule has 0 spiro atoms. The summed E-state index contributed by atoms with van der Waals surface area (Å²) in [7, 11) is 0. The Morgan fingerprint density at radius 3 is 0.774 bits per heavy atom. The van der Waals surface area contributed by atoms with E-state index in [9.17, 15) is 5.26 Å². The molecule has 0 aliphatic carbocycles. The molecule has 0 aliphatic heterocycles. The zero-order chi connectivity index (χ0) is 55.4. The monoisotopic (exact) mass is 1070 g/mol. The average Bonchev–Trinajstić information content (AvgIpc) is 1.69. The molecule has 0 N–H and O–H groups in total. The molecule has 0 unspecified atom stereocenters. The molecular weight excluding hydrogens is 1020 g/mol. The van der Waals surface area contributed by atoms with Gasteiger partial charge in [0.05, 0.1) is 66.9 Å². The van der Waals surface area contributed by atoms with Gasteiger partial charge in [-0.15, -0.1) is 0 Å². The van der Waals surface area contributed by atoms with Crippen LogP contribution < -0.4 is 0 Å². The van der Waals surface area contributed by atoms with Crippen LogP contribution in [0.2, 0.25) is 0 Å². The fraction of sp³-hybridized carbons (Fsp3) is 0. The number of nitrogens with zero attached hydrogens (tertiary/aromatic N) is 8. The largest absolute Gasteiger partial charge is 0.306 e. The predicted molar refractivity (Wildman–Crippen MR) is 344 cm³/mol. The fourth-order valence-electron chi connectivity index (χ4n) is 13.4. The second kappa shape index (κ2) is 18.7. The number of benzene rings is 12. The van der Waals surface area contributed by atoms with Crippen molar-refractivity contribution >= 4 is 87.2 Å². The van der Waals surface area contributed by atoms with Gasteiger partial charge in [-0.3, -0.25) is 0 Å². The Balaban J connectivity index is 1.16. The van der Waals surface area contributed by atoms with Gasteiger partial charge < -0.3 is 18.3 Å². The van der Waals surface area contributed by atoms with Crippen LogP contribution in [0.25, 0.3) is 155 Å². The maximum atomic E-state index is 13.0. The van der Waals surface area contributed by atoms with E-state index in [0.717, 1.165) is 138 Å². The normalized spacial score (nSPS) is 11.8. The molecule has 0 radical (unpaired) electrons. The van der Waals surface area contributed by atoms with Crippen LogP contribution in [0, 0.1) is 11.3 Å². The van der Waals surface area contributed by atoms with Crippen LogP contribution >= 0.6 is 0 Å². The predicted octanol–water partition coefficient (Wildman–Crippen LogP) is 18.8. The molecule has 17 rings (SSSR count). The van der Waals surface area contributed by atoms with Gasteiger partial charge in [0.1, 0.15) is 11.6 Å². The number of fused-ring (bicyclic) bond motifs is 12. The van der Waals surface area contributed by atoms with Gasteiger partial charge in [-0.2, -0.15) is 5.26 Å². The van der Waals surface area contributed by atoms with E-state index in [0.29, 0.717) is 23.0 Å². The molecule has 8 nitrogen and oxygen atoms in total. The Morgan fingerprint density at radius 2 is 0.476 bits per heavy atom. The first-order valence-electron chi connectivity index (χ1n) is 28.3. The summed E-state index contributed by atoms with van der Waals surface area (Å²) < 4.78 is 9.60. The zero-order valence-corrected chi connectivity index (χ0v) is 45.1. The summed E-state index contributed by atoms with van der Waals surface area (Å²) in [5.41, 5.74) is 15.9. The van der Waals surface area contributed by atoms with Gasteiger partial charge in [0.2, 0.25) is 0 Å². The number of aromatic nitrogens is 7. The van der Waals surface area contributed by atoms with E-state index >= 15 is 0 Å². The van der Waals surface area contributed by atoms with E-state index < -0.39 is 0 Å². The van der Waals surface area contributed by atoms with Crippen molar-refractivity contribution in [2.24, 2.45) is 0 Å². The van der Waals surface area contributed by atoms with Crippen molar-refractivity contribution < 1.29 is 0 Å². The van der Waals surface area contributed by atoms with Crippen LogP contribution in [0.3, 0.4) is 0 Å². The summed E-state index contributed by atoms with van der Waals surface area (Å²) in [6.45, 7) is 0. The number of nitriles is 1. The molecule has 0 bridgehead atoms. The Labute approximate surface area is 481 Å². The minimum Gasteiger partial charge on any atom is -0.306 e. The first-order valence-corrected chi connectivity index (χ1v) is 28.3. The molecule has 390 valence electrons. The van der Waals surface area contributed by atoms with E-state index in [-0.39, 0.29) is 0 Å². The minimum absolute atomic E-state index is 0.499. The Kier molecular flexibility index (Phi) is 10.5. The molecule has 0 aliphatic rings. The van der Waals surface area contributed by atoms with Crippen molar-refractivity contribution in [1.29, 1.82) is 5.26 Å². The van der Waals surface area contributed by atoms with Gasteiger partial charge in [0.25, 0.3) is 0 Å². The van der Waals surface area contributed by atoms with Crippen molar-refractivity contribution in [3.63, 3.8) is 0 Å². The maximum Gasteiger partial charge on any atom is 0.164 e. The first kappa shape index (κ1) is 47.2. The summed E-state index contributed by atoms with van der Waals surface area (Å²) in [6, 6.07) is 101. The smallest absolute Gasteiger partial charge is 0.164 e. The molecule has 84 heavy (non-hydrogen) atoms. The number of hydrogen-bond donors (Lipinski definition) is 0. The molecule has 8 heteroatoms. The van der Waals surface area contributed by atoms with Gasteiger partial charge in [-0.05, 0) is 60.2 Å². The van der Waals surface area contributed by atoms with Crippen molar-refractivity contribution in [3.05, 3.63) is 285 Å². The van der Waals surface area contributed by atoms with Gasteiger partial charge in [0.15, 0.2) is 17.5 Å². The topological polar surface area (TPSA) is 82.2 Å². The van der Waals surface area contributed by atoms with Crippen LogP contribution in [0.4, 0.5) is 0 Å². The lowest BCUT2D eigenvalue weighted by atomic mass is 9.92. The lowest BCUT2D eigenvalue weighted by Gasteiger charge is -2.29. The molecule has 0 amide bonds. The quantitative estimate of drug-likeness (QED) is 0.152. The third-order valence-corrected chi connectivity index (χ3v) is 16.8. The van der Waals surface area contributed by atoms with Crippen LogP contribution in [0.15, 0.2) is 279 Å². The molecule has 0 fully saturated rings. The highest BCUT2D eigenvalue weighted by molar-refractivity contribution is 6.17. The lowest BCUT2D eigenvalue weighted by molar-refractivity contribution is 1.04. The number of hydrogen-bond acceptors (Lipinski definition) is 4. The summed E-state index contributed by atoms with van der Waals surface area (Å²) in [6.07, 6.45) is 0. The van der Waals surface area contributed by atoms with Gasteiger partial charge >= 0.3 is 0 Å². The molecule has 17 aromatic rings. The maximum absolute atomic E-state index is 13.0. The van der Waals surface area contributed by atoms with Crippen LogP contribution in [0.5, 0.6) is 0 Å². The molecular formula is C76H46N8. The third kappa shape index (κ3) is 6.97. The van der Waals surface area contributed by atoms with Crippen molar-refractivity contribution in [1.82, 2.24) is 33.2 Å². The number of rotatable bonds is 8. The highest BCUT2D eigenvalue weighted by Crippen LogP contribution is 2.52. The zero-order valence-electron chi connectivity index (χ0n) is 45.1. The summed E-state index contributed by atoms with van der Waals surface area (Å²) in [5, 5.41) is 21.7. The Bertz CT molecular complexity index is 5060. The fourth-order valence-corrected chi connectivity index (χ4v) is 13.4. The van der Waals surface area contributed by atoms with Crippen molar-refractivity contribution in [3.8, 4) is 74.1 Å². The third-order valence-electron chi connectivity index (χ3n) is 16.8. The van der Waals surface area contributed by atoms with Gasteiger partial charge in [-0.1, -0.05) is 224 Å². The molecule has 5 aromatic heterocycles. The Hall–Kier alpha value is -11.7.